The molecule has 0 aliphatic heterocycles. The zero-order valence-corrected chi connectivity index (χ0v) is 40.9. The van der Waals surface area contributed by atoms with Crippen molar-refractivity contribution in [1.29, 1.82) is 0 Å². The molecule has 8 atom stereocenters. The van der Waals surface area contributed by atoms with Crippen LogP contribution < -0.4 is 0 Å². The van der Waals surface area contributed by atoms with Gasteiger partial charge >= 0.3 is 27.6 Å². The van der Waals surface area contributed by atoms with Gasteiger partial charge in [-0.1, -0.05) is 165 Å². The lowest BCUT2D eigenvalue weighted by Crippen LogP contribution is -2.64. The molecule has 1 fully saturated rings. The highest BCUT2D eigenvalue weighted by atomic mass is 31.2. The van der Waals surface area contributed by atoms with E-state index in [0.717, 1.165) is 51.4 Å². The third kappa shape index (κ3) is 32.4. The van der Waals surface area contributed by atoms with E-state index in [1.54, 1.807) is 0 Å². The zero-order valence-electron chi connectivity index (χ0n) is 39.2. The van der Waals surface area contributed by atoms with Crippen LogP contribution in [0.4, 0.5) is 0 Å². The number of esters is 2. The van der Waals surface area contributed by atoms with Crippen LogP contribution >= 0.6 is 15.6 Å². The van der Waals surface area contributed by atoms with Crippen LogP contribution in [0.5, 0.6) is 0 Å². The van der Waals surface area contributed by atoms with Crippen LogP contribution in [0.2, 0.25) is 0 Å². The van der Waals surface area contributed by atoms with Gasteiger partial charge in [-0.15, -0.1) is 0 Å². The lowest BCUT2D eigenvalue weighted by Gasteiger charge is -2.43. The number of carbonyl (C=O) groups is 2. The highest BCUT2D eigenvalue weighted by Gasteiger charge is 2.54. The molecule has 0 radical (unpaired) electrons. The SMILES string of the molecule is CCCCC/C=C\C/C=C/C/C=C\C/C=C/CCCC(=O)O[C@H](COC(=O)CCCCCCCCCCCCCCCCC)COP(=O)(O)OC1[C@H](O)[C@H](O)C(OP(=O)(O)O)[C@H](O)[C@H]1O. The number of phosphoric ester groups is 2. The maximum absolute atomic E-state index is 12.9. The fourth-order valence-electron chi connectivity index (χ4n) is 7.14. The lowest BCUT2D eigenvalue weighted by atomic mass is 9.85. The quantitative estimate of drug-likeness (QED) is 0.0131. The minimum Gasteiger partial charge on any atom is -0.462 e. The summed E-state index contributed by atoms with van der Waals surface area (Å²) >= 11 is 0. The van der Waals surface area contributed by atoms with Crippen LogP contribution in [-0.2, 0) is 41.8 Å². The Kier molecular flexibility index (Phi) is 35.5. The first-order chi connectivity index (χ1) is 31.1. The van der Waals surface area contributed by atoms with E-state index in [1.807, 2.05) is 12.2 Å². The summed E-state index contributed by atoms with van der Waals surface area (Å²) in [5, 5.41) is 41.5. The predicted molar refractivity (Wildman–Crippen MR) is 250 cm³/mol. The minimum atomic E-state index is -5.31. The summed E-state index contributed by atoms with van der Waals surface area (Å²) in [5.41, 5.74) is 0. The third-order valence-corrected chi connectivity index (χ3v) is 12.4. The fourth-order valence-corrected chi connectivity index (χ4v) is 8.67. The Morgan fingerprint density at radius 2 is 0.877 bits per heavy atom. The minimum absolute atomic E-state index is 0.0248. The highest BCUT2D eigenvalue weighted by Crippen LogP contribution is 2.48. The highest BCUT2D eigenvalue weighted by molar-refractivity contribution is 7.47. The first-order valence-electron chi connectivity index (χ1n) is 24.2. The molecule has 1 aliphatic carbocycles. The van der Waals surface area contributed by atoms with E-state index >= 15 is 0 Å². The summed E-state index contributed by atoms with van der Waals surface area (Å²) in [6, 6.07) is 0. The smallest absolute Gasteiger partial charge is 0.462 e. The van der Waals surface area contributed by atoms with Gasteiger partial charge in [0.05, 0.1) is 6.61 Å². The first kappa shape index (κ1) is 61.0. The van der Waals surface area contributed by atoms with Crippen LogP contribution in [0.3, 0.4) is 0 Å². The number of carbonyl (C=O) groups excluding carboxylic acids is 2. The zero-order chi connectivity index (χ0) is 48.2. The molecule has 3 unspecified atom stereocenters. The monoisotopic (exact) mass is 967 g/mol. The predicted octanol–water partition coefficient (Wildman–Crippen LogP) is 9.29. The van der Waals surface area contributed by atoms with E-state index < -0.39 is 83.5 Å². The second kappa shape index (κ2) is 37.9. The summed E-state index contributed by atoms with van der Waals surface area (Å²) in [6.07, 6.45) is 28.0. The lowest BCUT2D eigenvalue weighted by molar-refractivity contribution is -0.216. The molecule has 378 valence electrons. The Bertz CT molecular complexity index is 1430. The molecule has 16 nitrogen and oxygen atoms in total. The largest absolute Gasteiger partial charge is 0.472 e. The van der Waals surface area contributed by atoms with Crippen molar-refractivity contribution in [2.24, 2.45) is 0 Å². The molecule has 65 heavy (non-hydrogen) atoms. The van der Waals surface area contributed by atoms with Crippen molar-refractivity contribution in [2.45, 2.75) is 224 Å². The second-order valence-corrected chi connectivity index (χ2v) is 19.4. The number of ether oxygens (including phenoxy) is 2. The molecule has 1 saturated carbocycles. The van der Waals surface area contributed by atoms with Crippen molar-refractivity contribution >= 4 is 27.6 Å². The van der Waals surface area contributed by atoms with E-state index in [1.165, 1.54) is 83.5 Å². The van der Waals surface area contributed by atoms with Gasteiger partial charge in [0.15, 0.2) is 6.10 Å². The molecule has 18 heteroatoms. The summed E-state index contributed by atoms with van der Waals surface area (Å²) in [4.78, 5) is 54.0. The maximum atomic E-state index is 12.9. The van der Waals surface area contributed by atoms with Crippen LogP contribution in [-0.4, -0.2) is 103 Å². The van der Waals surface area contributed by atoms with Gasteiger partial charge in [0.2, 0.25) is 0 Å². The Balaban J connectivity index is 2.61. The second-order valence-electron chi connectivity index (χ2n) is 16.8. The van der Waals surface area contributed by atoms with Crippen molar-refractivity contribution < 1.29 is 76.9 Å². The van der Waals surface area contributed by atoms with Gasteiger partial charge in [0, 0.05) is 12.8 Å². The van der Waals surface area contributed by atoms with Gasteiger partial charge in [0.25, 0.3) is 0 Å². The van der Waals surface area contributed by atoms with Crippen LogP contribution in [0.25, 0.3) is 0 Å². The fraction of sp³-hybridized carbons (Fsp3) is 0.787. The van der Waals surface area contributed by atoms with Gasteiger partial charge in [-0.25, -0.2) is 9.13 Å². The standard InChI is InChI=1S/C47H84O16P2/c1-3-5-7-9-11-13-15-17-19-20-22-24-26-28-30-32-34-36-41(49)61-39(37-59-40(48)35-33-31-29-27-25-23-21-18-16-14-12-10-8-6-4-2)38-60-65(57,58)63-47-44(52)42(50)46(43(51)45(47)53)62-64(54,55)56/h11,13,17,19,22,24,28,30,39,42-47,50-53H,3-10,12,14-16,18,20-21,23,25-27,29,31-38H2,1-2H3,(H,57,58)(H2,54,55,56)/b13-11-,19-17+,24-22-,30-28+/t39-,42-,43+,44-,45-,46?,47?/m1/s1. The summed E-state index contributed by atoms with van der Waals surface area (Å²) in [5.74, 6) is -1.25. The van der Waals surface area contributed by atoms with E-state index in [0.29, 0.717) is 19.3 Å². The number of aliphatic hydroxyl groups is 4. The van der Waals surface area contributed by atoms with E-state index in [2.05, 4.69) is 54.8 Å². The Morgan fingerprint density at radius 1 is 0.492 bits per heavy atom. The number of allylic oxidation sites excluding steroid dienone is 8. The average molecular weight is 967 g/mol. The van der Waals surface area contributed by atoms with E-state index in [9.17, 15) is 44.0 Å². The van der Waals surface area contributed by atoms with Gasteiger partial charge < -0.3 is 44.6 Å². The molecule has 0 bridgehead atoms. The topological polar surface area (TPSA) is 256 Å². The molecule has 7 N–H and O–H groups in total. The van der Waals surface area contributed by atoms with Gasteiger partial charge in [-0.2, -0.15) is 0 Å². The van der Waals surface area contributed by atoms with Crippen LogP contribution in [0.1, 0.15) is 181 Å². The molecule has 0 spiro atoms. The molecular weight excluding hydrogens is 882 g/mol. The number of rotatable bonds is 40. The van der Waals surface area contributed by atoms with Crippen molar-refractivity contribution in [3.63, 3.8) is 0 Å². The van der Waals surface area contributed by atoms with Crippen molar-refractivity contribution in [2.75, 3.05) is 13.2 Å². The molecular formula is C47H84O16P2. The normalized spacial score (nSPS) is 22.0. The summed E-state index contributed by atoms with van der Waals surface area (Å²) in [7, 11) is -10.6. The summed E-state index contributed by atoms with van der Waals surface area (Å²) in [6.45, 7) is 3.07. The number of hydrogen-bond donors (Lipinski definition) is 7. The Hall–Kier alpha value is -2.04. The molecule has 0 aromatic carbocycles. The van der Waals surface area contributed by atoms with Gasteiger partial charge in [-0.3, -0.25) is 23.2 Å². The molecule has 1 rings (SSSR count). The number of hydrogen-bond acceptors (Lipinski definition) is 13. The Morgan fingerprint density at radius 3 is 1.34 bits per heavy atom. The molecule has 0 saturated heterocycles. The van der Waals surface area contributed by atoms with Crippen LogP contribution in [0.15, 0.2) is 48.6 Å². The van der Waals surface area contributed by atoms with Crippen molar-refractivity contribution in [3.05, 3.63) is 48.6 Å². The van der Waals surface area contributed by atoms with E-state index in [4.69, 9.17) is 28.3 Å². The first-order valence-corrected chi connectivity index (χ1v) is 27.2. The van der Waals surface area contributed by atoms with Crippen LogP contribution in [0, 0.1) is 0 Å². The number of phosphoric acid groups is 2. The molecule has 0 aromatic rings. The van der Waals surface area contributed by atoms with Gasteiger partial charge in [0.1, 0.15) is 43.2 Å². The Labute approximate surface area is 388 Å². The maximum Gasteiger partial charge on any atom is 0.472 e. The molecule has 0 amide bonds. The number of aliphatic hydroxyl groups excluding tert-OH is 4. The number of unbranched alkanes of at least 4 members (excludes halogenated alkanes) is 18. The summed E-state index contributed by atoms with van der Waals surface area (Å²) < 4.78 is 49.1. The molecule has 1 aliphatic rings. The molecule has 0 heterocycles. The van der Waals surface area contributed by atoms with Crippen molar-refractivity contribution in [3.8, 4) is 0 Å². The van der Waals surface area contributed by atoms with Gasteiger partial charge in [-0.05, 0) is 51.4 Å². The van der Waals surface area contributed by atoms with Crippen molar-refractivity contribution in [1.82, 2.24) is 0 Å². The van der Waals surface area contributed by atoms with E-state index in [-0.39, 0.29) is 12.8 Å². The third-order valence-electron chi connectivity index (χ3n) is 10.9. The average Bonchev–Trinajstić information content (AvgIpc) is 3.26. The molecule has 0 aromatic heterocycles.